The van der Waals surface area contributed by atoms with Crippen molar-refractivity contribution in [1.82, 2.24) is 0 Å². The zero-order valence-electron chi connectivity index (χ0n) is 13.3. The predicted molar refractivity (Wildman–Crippen MR) is 84.1 cm³/mol. The zero-order chi connectivity index (χ0) is 18.6. The van der Waals surface area contributed by atoms with Crippen LogP contribution in [0.5, 0.6) is 11.5 Å². The Kier molecular flexibility index (Phi) is 6.34. The van der Waals surface area contributed by atoms with Crippen LogP contribution in [0.3, 0.4) is 0 Å². The average Bonchev–Trinajstić information content (AvgIpc) is 2.60. The maximum atomic E-state index is 10.6. The second-order valence-corrected chi connectivity index (χ2v) is 5.40. The minimum Gasteiger partial charge on any atom is -0.493 e. The Labute approximate surface area is 143 Å². The SMILES string of the molecule is COc1ccc(/C=C/C(=O)O)cc1O[C@@H]1O[C@H](CO)[C@@H](O)[C@H](O)[C@H]1O. The number of carboxylic acid groups (broad SMARTS) is 1. The van der Waals surface area contributed by atoms with Crippen molar-refractivity contribution in [2.45, 2.75) is 30.7 Å². The van der Waals surface area contributed by atoms with E-state index in [0.29, 0.717) is 5.56 Å². The first kappa shape index (κ1) is 19.2. The van der Waals surface area contributed by atoms with Crippen LogP contribution >= 0.6 is 0 Å². The molecule has 5 N–H and O–H groups in total. The summed E-state index contributed by atoms with van der Waals surface area (Å²) in [5, 5.41) is 47.5. The molecule has 138 valence electrons. The van der Waals surface area contributed by atoms with E-state index in [1.165, 1.54) is 25.3 Å². The van der Waals surface area contributed by atoms with Gasteiger partial charge in [0.15, 0.2) is 11.5 Å². The lowest BCUT2D eigenvalue weighted by Gasteiger charge is -2.39. The van der Waals surface area contributed by atoms with Crippen LogP contribution in [-0.2, 0) is 9.53 Å². The number of rotatable bonds is 6. The molecule has 1 aliphatic rings. The van der Waals surface area contributed by atoms with Crippen LogP contribution in [0.4, 0.5) is 0 Å². The molecule has 1 aromatic rings. The highest BCUT2D eigenvalue weighted by atomic mass is 16.7. The molecule has 0 aromatic heterocycles. The summed E-state index contributed by atoms with van der Waals surface area (Å²) in [5.41, 5.74) is 0.489. The number of ether oxygens (including phenoxy) is 3. The van der Waals surface area contributed by atoms with Gasteiger partial charge in [-0.1, -0.05) is 6.07 Å². The Morgan fingerprint density at radius 2 is 1.92 bits per heavy atom. The molecule has 0 amide bonds. The molecule has 9 nitrogen and oxygen atoms in total. The summed E-state index contributed by atoms with van der Waals surface area (Å²) in [4.78, 5) is 10.6. The monoisotopic (exact) mass is 356 g/mol. The van der Waals surface area contributed by atoms with Crippen LogP contribution in [0.2, 0.25) is 0 Å². The lowest BCUT2D eigenvalue weighted by atomic mass is 9.99. The van der Waals surface area contributed by atoms with E-state index in [1.54, 1.807) is 6.07 Å². The Balaban J connectivity index is 2.25. The normalized spacial score (nSPS) is 29.6. The molecule has 2 rings (SSSR count). The number of carboxylic acids is 1. The molecular weight excluding hydrogens is 336 g/mol. The Bertz CT molecular complexity index is 628. The van der Waals surface area contributed by atoms with Crippen LogP contribution in [0.15, 0.2) is 24.3 Å². The number of benzene rings is 1. The van der Waals surface area contributed by atoms with E-state index in [9.17, 15) is 25.2 Å². The van der Waals surface area contributed by atoms with Gasteiger partial charge in [-0.15, -0.1) is 0 Å². The molecule has 0 unspecified atom stereocenters. The Morgan fingerprint density at radius 1 is 1.20 bits per heavy atom. The summed E-state index contributed by atoms with van der Waals surface area (Å²) in [6.45, 7) is -0.580. The number of aliphatic hydroxyl groups is 4. The number of hydrogen-bond acceptors (Lipinski definition) is 8. The second kappa shape index (κ2) is 8.28. The van der Waals surface area contributed by atoms with Gasteiger partial charge in [0.2, 0.25) is 6.29 Å². The molecule has 0 bridgehead atoms. The quantitative estimate of drug-likeness (QED) is 0.404. The zero-order valence-corrected chi connectivity index (χ0v) is 13.3. The van der Waals surface area contributed by atoms with Crippen molar-refractivity contribution in [1.29, 1.82) is 0 Å². The van der Waals surface area contributed by atoms with Crippen LogP contribution in [0.1, 0.15) is 5.56 Å². The molecule has 0 saturated carbocycles. The van der Waals surface area contributed by atoms with Gasteiger partial charge in [0.25, 0.3) is 0 Å². The molecule has 0 radical (unpaired) electrons. The first-order valence-corrected chi connectivity index (χ1v) is 7.43. The first-order valence-electron chi connectivity index (χ1n) is 7.43. The molecule has 1 saturated heterocycles. The van der Waals surface area contributed by atoms with E-state index in [2.05, 4.69) is 0 Å². The summed E-state index contributed by atoms with van der Waals surface area (Å²) in [7, 11) is 1.39. The number of hydrogen-bond donors (Lipinski definition) is 5. The molecule has 25 heavy (non-hydrogen) atoms. The topological polar surface area (TPSA) is 146 Å². The van der Waals surface area contributed by atoms with Gasteiger partial charge in [-0.25, -0.2) is 4.79 Å². The van der Waals surface area contributed by atoms with Crippen molar-refractivity contribution in [2.24, 2.45) is 0 Å². The van der Waals surface area contributed by atoms with Crippen molar-refractivity contribution in [3.8, 4) is 11.5 Å². The van der Waals surface area contributed by atoms with Crippen LogP contribution < -0.4 is 9.47 Å². The third-order valence-corrected chi connectivity index (χ3v) is 3.70. The molecular formula is C16H20O9. The molecule has 5 atom stereocenters. The minimum atomic E-state index is -1.57. The van der Waals surface area contributed by atoms with Crippen molar-refractivity contribution in [3.63, 3.8) is 0 Å². The van der Waals surface area contributed by atoms with Gasteiger partial charge >= 0.3 is 5.97 Å². The third-order valence-electron chi connectivity index (χ3n) is 3.70. The highest BCUT2D eigenvalue weighted by Gasteiger charge is 2.44. The van der Waals surface area contributed by atoms with E-state index < -0.39 is 43.3 Å². The summed E-state index contributed by atoms with van der Waals surface area (Å²) in [5.74, 6) is -0.712. The smallest absolute Gasteiger partial charge is 0.328 e. The lowest BCUT2D eigenvalue weighted by Crippen LogP contribution is -2.60. The van der Waals surface area contributed by atoms with Crippen LogP contribution in [0.25, 0.3) is 6.08 Å². The minimum absolute atomic E-state index is 0.124. The molecule has 1 fully saturated rings. The van der Waals surface area contributed by atoms with Gasteiger partial charge in [0.1, 0.15) is 24.4 Å². The van der Waals surface area contributed by atoms with E-state index in [4.69, 9.17) is 19.3 Å². The fourth-order valence-corrected chi connectivity index (χ4v) is 2.35. The Morgan fingerprint density at radius 3 is 2.52 bits per heavy atom. The van der Waals surface area contributed by atoms with Crippen molar-refractivity contribution < 1.29 is 44.5 Å². The van der Waals surface area contributed by atoms with Crippen LogP contribution in [-0.4, -0.2) is 75.9 Å². The summed E-state index contributed by atoms with van der Waals surface area (Å²) in [6, 6.07) is 4.58. The van der Waals surface area contributed by atoms with Gasteiger partial charge in [-0.2, -0.15) is 0 Å². The van der Waals surface area contributed by atoms with Gasteiger partial charge < -0.3 is 39.7 Å². The van der Waals surface area contributed by atoms with E-state index in [1.807, 2.05) is 0 Å². The van der Waals surface area contributed by atoms with E-state index >= 15 is 0 Å². The standard InChI is InChI=1S/C16H20O9/c1-23-9-4-2-8(3-5-12(18)19)6-10(9)24-16-15(22)14(21)13(20)11(7-17)25-16/h2-6,11,13-17,20-22H,7H2,1H3,(H,18,19)/b5-3+/t11-,13-,14+,15-,16-/m1/s1. The fourth-order valence-electron chi connectivity index (χ4n) is 2.35. The lowest BCUT2D eigenvalue weighted by molar-refractivity contribution is -0.277. The first-order chi connectivity index (χ1) is 11.9. The molecule has 0 aliphatic carbocycles. The van der Waals surface area contributed by atoms with Gasteiger partial charge in [-0.05, 0) is 23.8 Å². The van der Waals surface area contributed by atoms with Crippen molar-refractivity contribution in [3.05, 3.63) is 29.8 Å². The second-order valence-electron chi connectivity index (χ2n) is 5.40. The fraction of sp³-hybridized carbons (Fsp3) is 0.438. The summed E-state index contributed by atoms with van der Waals surface area (Å²) >= 11 is 0. The number of carbonyl (C=O) groups is 1. The maximum Gasteiger partial charge on any atom is 0.328 e. The highest BCUT2D eigenvalue weighted by Crippen LogP contribution is 2.32. The molecule has 1 aromatic carbocycles. The number of methoxy groups -OCH3 is 1. The molecule has 1 heterocycles. The largest absolute Gasteiger partial charge is 0.493 e. The van der Waals surface area contributed by atoms with Gasteiger partial charge in [0.05, 0.1) is 13.7 Å². The molecule has 1 aliphatic heterocycles. The van der Waals surface area contributed by atoms with Crippen molar-refractivity contribution >= 4 is 12.0 Å². The number of aliphatic carboxylic acids is 1. The maximum absolute atomic E-state index is 10.6. The summed E-state index contributed by atoms with van der Waals surface area (Å²) < 4.78 is 15.9. The van der Waals surface area contributed by atoms with Crippen LogP contribution in [0, 0.1) is 0 Å². The van der Waals surface area contributed by atoms with E-state index in [-0.39, 0.29) is 11.5 Å². The van der Waals surface area contributed by atoms with Crippen molar-refractivity contribution in [2.75, 3.05) is 13.7 Å². The molecule has 0 spiro atoms. The number of aliphatic hydroxyl groups excluding tert-OH is 4. The van der Waals surface area contributed by atoms with Gasteiger partial charge in [0, 0.05) is 6.08 Å². The van der Waals surface area contributed by atoms with E-state index in [0.717, 1.165) is 6.08 Å². The summed E-state index contributed by atoms with van der Waals surface area (Å²) in [6.07, 6.45) is -4.83. The third kappa shape index (κ3) is 4.47. The predicted octanol–water partition coefficient (Wildman–Crippen LogP) is -1.03. The Hall–Kier alpha value is -2.17. The van der Waals surface area contributed by atoms with Gasteiger partial charge in [-0.3, -0.25) is 0 Å². The molecule has 9 heteroatoms. The highest BCUT2D eigenvalue weighted by molar-refractivity contribution is 5.85. The average molecular weight is 356 g/mol.